The van der Waals surface area contributed by atoms with Crippen LogP contribution in [0.15, 0.2) is 170 Å². The van der Waals surface area contributed by atoms with Crippen LogP contribution in [0.2, 0.25) is 0 Å². The second-order valence-corrected chi connectivity index (χ2v) is 12.9. The number of benzene rings is 7. The number of hydrogen-bond donors (Lipinski definition) is 0. The van der Waals surface area contributed by atoms with Crippen molar-refractivity contribution in [3.05, 3.63) is 192 Å². The fourth-order valence-electron chi connectivity index (χ4n) is 7.10. The lowest BCUT2D eigenvalue weighted by molar-refractivity contribution is 1.10. The second kappa shape index (κ2) is 14.7. The van der Waals surface area contributed by atoms with Crippen molar-refractivity contribution in [1.29, 1.82) is 0 Å². The fraction of sp³-hybridized carbons (Fsp3) is 0.125. The molecule has 0 aliphatic heterocycles. The number of nitrogens with zero attached hydrogens (tertiary/aromatic N) is 2. The smallest absolute Gasteiger partial charge is 0.0522 e. The van der Waals surface area contributed by atoms with Crippen LogP contribution in [0.1, 0.15) is 36.1 Å². The zero-order valence-corrected chi connectivity index (χ0v) is 29.5. The zero-order valence-electron chi connectivity index (χ0n) is 29.5. The average Bonchev–Trinajstić information content (AvgIpc) is 3.17. The lowest BCUT2D eigenvalue weighted by atomic mass is 9.98. The van der Waals surface area contributed by atoms with E-state index in [1.165, 1.54) is 55.9 Å². The summed E-state index contributed by atoms with van der Waals surface area (Å²) in [5.74, 6) is 0. The molecule has 7 aromatic rings. The number of rotatable bonds is 10. The van der Waals surface area contributed by atoms with Gasteiger partial charge in [-0.1, -0.05) is 129 Å². The highest BCUT2D eigenvalue weighted by atomic mass is 15.2. The van der Waals surface area contributed by atoms with Gasteiger partial charge in [-0.25, -0.2) is 0 Å². The maximum atomic E-state index is 2.40. The SMILES string of the molecule is CCc1cccc(C)c1N(c1ccccc1)c1ccc(-c2cccc(-c3ccc(N(c4ccccc4)c4c(C)cccc4CC)cc3)c2)cc1. The minimum atomic E-state index is 0.974. The summed E-state index contributed by atoms with van der Waals surface area (Å²) in [6.07, 6.45) is 1.95. The highest BCUT2D eigenvalue weighted by Gasteiger charge is 2.19. The van der Waals surface area contributed by atoms with Crippen LogP contribution >= 0.6 is 0 Å². The molecule has 0 aliphatic carbocycles. The predicted octanol–water partition coefficient (Wildman–Crippen LogP) is 13.7. The predicted molar refractivity (Wildman–Crippen MR) is 215 cm³/mol. The molecule has 7 rings (SSSR count). The normalized spacial score (nSPS) is 11.0. The van der Waals surface area contributed by atoms with Crippen molar-refractivity contribution < 1.29 is 0 Å². The highest BCUT2D eigenvalue weighted by Crippen LogP contribution is 2.41. The second-order valence-electron chi connectivity index (χ2n) is 12.9. The summed E-state index contributed by atoms with van der Waals surface area (Å²) >= 11 is 0. The van der Waals surface area contributed by atoms with Gasteiger partial charge in [-0.3, -0.25) is 0 Å². The van der Waals surface area contributed by atoms with Gasteiger partial charge in [0.05, 0.1) is 11.4 Å². The van der Waals surface area contributed by atoms with Gasteiger partial charge in [0, 0.05) is 22.7 Å². The highest BCUT2D eigenvalue weighted by molar-refractivity contribution is 5.84. The first-order valence-electron chi connectivity index (χ1n) is 17.7. The molecule has 0 N–H and O–H groups in total. The summed E-state index contributed by atoms with van der Waals surface area (Å²) in [7, 11) is 0. The van der Waals surface area contributed by atoms with Crippen molar-refractivity contribution in [2.45, 2.75) is 40.5 Å². The van der Waals surface area contributed by atoms with Crippen molar-refractivity contribution in [3.8, 4) is 22.3 Å². The van der Waals surface area contributed by atoms with E-state index in [2.05, 4.69) is 207 Å². The molecule has 2 nitrogen and oxygen atoms in total. The molecule has 0 heterocycles. The fourth-order valence-corrected chi connectivity index (χ4v) is 7.10. The van der Waals surface area contributed by atoms with E-state index in [1.807, 2.05) is 0 Å². The summed E-state index contributed by atoms with van der Waals surface area (Å²) < 4.78 is 0. The molecule has 0 unspecified atom stereocenters. The van der Waals surface area contributed by atoms with Crippen molar-refractivity contribution in [2.75, 3.05) is 9.80 Å². The van der Waals surface area contributed by atoms with Gasteiger partial charge in [0.15, 0.2) is 0 Å². The van der Waals surface area contributed by atoms with E-state index in [1.54, 1.807) is 0 Å². The van der Waals surface area contributed by atoms with Crippen molar-refractivity contribution in [2.24, 2.45) is 0 Å². The summed E-state index contributed by atoms with van der Waals surface area (Å²) in [6.45, 7) is 8.88. The molecule has 0 bridgehead atoms. The lowest BCUT2D eigenvalue weighted by Crippen LogP contribution is -2.13. The Kier molecular flexibility index (Phi) is 9.62. The molecule has 246 valence electrons. The third-order valence-electron chi connectivity index (χ3n) is 9.66. The van der Waals surface area contributed by atoms with Gasteiger partial charge in [-0.15, -0.1) is 0 Å². The van der Waals surface area contributed by atoms with Crippen molar-refractivity contribution >= 4 is 34.1 Å². The molecule has 0 aromatic heterocycles. The van der Waals surface area contributed by atoms with E-state index < -0.39 is 0 Å². The Bertz CT molecular complexity index is 2030. The number of para-hydroxylation sites is 4. The van der Waals surface area contributed by atoms with E-state index in [0.717, 1.165) is 35.6 Å². The molecule has 0 fully saturated rings. The van der Waals surface area contributed by atoms with Gasteiger partial charge in [0.25, 0.3) is 0 Å². The molecule has 0 radical (unpaired) electrons. The van der Waals surface area contributed by atoms with Crippen LogP contribution in [0.3, 0.4) is 0 Å². The summed E-state index contributed by atoms with van der Waals surface area (Å²) in [5.41, 5.74) is 17.2. The van der Waals surface area contributed by atoms with Gasteiger partial charge in [0.2, 0.25) is 0 Å². The number of anilines is 6. The standard InChI is InChI=1S/C48H44N2/c1-5-37-18-13-16-35(3)47(37)49(43-22-9-7-10-23-43)45-30-26-39(27-31-45)41-20-15-21-42(34-41)40-28-32-46(33-29-40)50(44-24-11-8-12-25-44)48-36(4)17-14-19-38(48)6-2/h7-34H,5-6H2,1-4H3. The Hall–Kier alpha value is -5.86. The monoisotopic (exact) mass is 648 g/mol. The molecule has 0 amide bonds. The van der Waals surface area contributed by atoms with Crippen LogP contribution in [0, 0.1) is 13.8 Å². The minimum absolute atomic E-state index is 0.974. The minimum Gasteiger partial charge on any atom is -0.310 e. The van der Waals surface area contributed by atoms with E-state index in [9.17, 15) is 0 Å². The third kappa shape index (κ3) is 6.58. The maximum Gasteiger partial charge on any atom is 0.0522 e. The molecule has 0 saturated carbocycles. The van der Waals surface area contributed by atoms with E-state index in [-0.39, 0.29) is 0 Å². The zero-order chi connectivity index (χ0) is 34.5. The van der Waals surface area contributed by atoms with E-state index in [0.29, 0.717) is 0 Å². The largest absolute Gasteiger partial charge is 0.310 e. The van der Waals surface area contributed by atoms with E-state index in [4.69, 9.17) is 0 Å². The Labute approximate surface area is 297 Å². The van der Waals surface area contributed by atoms with Crippen LogP contribution in [0.25, 0.3) is 22.3 Å². The third-order valence-corrected chi connectivity index (χ3v) is 9.66. The molecular formula is C48H44N2. The Balaban J connectivity index is 1.21. The summed E-state index contributed by atoms with van der Waals surface area (Å²) in [6, 6.07) is 61.5. The molecule has 50 heavy (non-hydrogen) atoms. The Morgan fingerprint density at radius 1 is 0.340 bits per heavy atom. The Morgan fingerprint density at radius 2 is 0.700 bits per heavy atom. The van der Waals surface area contributed by atoms with Crippen molar-refractivity contribution in [1.82, 2.24) is 0 Å². The van der Waals surface area contributed by atoms with Crippen LogP contribution < -0.4 is 9.80 Å². The van der Waals surface area contributed by atoms with Gasteiger partial charge >= 0.3 is 0 Å². The quantitative estimate of drug-likeness (QED) is 0.146. The topological polar surface area (TPSA) is 6.48 Å². The summed E-state index contributed by atoms with van der Waals surface area (Å²) in [5, 5.41) is 0. The van der Waals surface area contributed by atoms with Gasteiger partial charge in [-0.2, -0.15) is 0 Å². The van der Waals surface area contributed by atoms with E-state index >= 15 is 0 Å². The van der Waals surface area contributed by atoms with Gasteiger partial charge < -0.3 is 9.80 Å². The number of aryl methyl sites for hydroxylation is 4. The average molecular weight is 649 g/mol. The maximum absolute atomic E-state index is 2.40. The van der Waals surface area contributed by atoms with Crippen LogP contribution in [0.5, 0.6) is 0 Å². The van der Waals surface area contributed by atoms with Crippen LogP contribution in [-0.4, -0.2) is 0 Å². The first kappa shape index (κ1) is 32.7. The summed E-state index contributed by atoms with van der Waals surface area (Å²) in [4.78, 5) is 4.80. The van der Waals surface area contributed by atoms with Crippen LogP contribution in [0.4, 0.5) is 34.1 Å². The molecule has 7 aromatic carbocycles. The lowest BCUT2D eigenvalue weighted by Gasteiger charge is -2.29. The first-order chi connectivity index (χ1) is 24.6. The molecule has 0 aliphatic rings. The van der Waals surface area contributed by atoms with Gasteiger partial charge in [0.1, 0.15) is 0 Å². The molecule has 0 atom stereocenters. The molecule has 2 heteroatoms. The number of hydrogen-bond acceptors (Lipinski definition) is 2. The Morgan fingerprint density at radius 3 is 1.08 bits per heavy atom. The molecular weight excluding hydrogens is 605 g/mol. The first-order valence-corrected chi connectivity index (χ1v) is 17.7. The van der Waals surface area contributed by atoms with Gasteiger partial charge in [-0.05, 0) is 126 Å². The van der Waals surface area contributed by atoms with Crippen molar-refractivity contribution in [3.63, 3.8) is 0 Å². The molecule has 0 spiro atoms. The van der Waals surface area contributed by atoms with Crippen LogP contribution in [-0.2, 0) is 12.8 Å². The molecule has 0 saturated heterocycles.